The Morgan fingerprint density at radius 3 is 2.17 bits per heavy atom. The molecule has 36 heavy (non-hydrogen) atoms. The van der Waals surface area contributed by atoms with Gasteiger partial charge in [0.05, 0.1) is 16.6 Å². The first-order chi connectivity index (χ1) is 16.8. The van der Waals surface area contributed by atoms with Gasteiger partial charge in [0.2, 0.25) is 0 Å². The summed E-state index contributed by atoms with van der Waals surface area (Å²) in [6.07, 6.45) is -9.64. The highest BCUT2D eigenvalue weighted by Gasteiger charge is 2.46. The van der Waals surface area contributed by atoms with Crippen LogP contribution >= 0.6 is 0 Å². The summed E-state index contributed by atoms with van der Waals surface area (Å²) >= 11 is 0. The van der Waals surface area contributed by atoms with E-state index < -0.39 is 41.4 Å². The number of benzene rings is 2. The molecular weight excluding hydrogens is 495 g/mol. The lowest BCUT2D eigenvalue weighted by Gasteiger charge is -2.37. The number of alkyl halides is 6. The third-order valence-electron chi connectivity index (χ3n) is 6.67. The number of imidazole rings is 1. The molecule has 0 N–H and O–H groups in total. The van der Waals surface area contributed by atoms with Gasteiger partial charge < -0.3 is 4.90 Å². The van der Waals surface area contributed by atoms with Gasteiger partial charge in [0, 0.05) is 25.3 Å². The van der Waals surface area contributed by atoms with Gasteiger partial charge in [-0.05, 0) is 61.9 Å². The molecule has 1 amide bonds. The summed E-state index contributed by atoms with van der Waals surface area (Å²) in [6.45, 7) is 0.314. The van der Waals surface area contributed by atoms with Gasteiger partial charge in [-0.1, -0.05) is 12.1 Å². The minimum atomic E-state index is -5.33. The van der Waals surface area contributed by atoms with Crippen molar-refractivity contribution in [3.8, 4) is 0 Å². The quantitative estimate of drug-likeness (QED) is 0.420. The summed E-state index contributed by atoms with van der Waals surface area (Å²) in [4.78, 5) is 25.2. The number of para-hydroxylation sites is 2. The van der Waals surface area contributed by atoms with Crippen molar-refractivity contribution in [2.24, 2.45) is 13.0 Å². The molecule has 0 radical (unpaired) electrons. The molecule has 2 aromatic carbocycles. The Labute approximate surface area is 200 Å². The number of nitrogens with zero attached hydrogens (tertiary/aromatic N) is 3. The molecule has 0 bridgehead atoms. The first-order valence-corrected chi connectivity index (χ1v) is 11.2. The zero-order valence-electron chi connectivity index (χ0n) is 19.0. The molecule has 1 heterocycles. The predicted octanol–water partition coefficient (Wildman–Crippen LogP) is 5.65. The van der Waals surface area contributed by atoms with E-state index in [4.69, 9.17) is 0 Å². The van der Waals surface area contributed by atoms with Crippen molar-refractivity contribution in [2.45, 2.75) is 50.6 Å². The van der Waals surface area contributed by atoms with E-state index in [2.05, 4.69) is 0 Å². The maximum absolute atomic E-state index is 13.7. The maximum atomic E-state index is 13.7. The zero-order chi connectivity index (χ0) is 26.4. The molecule has 4 rings (SSSR count). The molecule has 1 fully saturated rings. The Kier molecular flexibility index (Phi) is 6.65. The fraction of sp³-hybridized carbons (Fsp3) is 0.417. The van der Waals surface area contributed by atoms with Gasteiger partial charge in [0.1, 0.15) is 5.82 Å². The SMILES string of the molecule is Cn1c(=O)n(CC2CCC(N(C(=O)C(F)(F)F)c3ccc(F)c(C(F)(F)F)c3)CC2)c2ccccc21. The van der Waals surface area contributed by atoms with Crippen LogP contribution in [-0.2, 0) is 24.6 Å². The number of rotatable bonds is 4. The Balaban J connectivity index is 1.58. The van der Waals surface area contributed by atoms with Crippen LogP contribution < -0.4 is 10.6 Å². The highest BCUT2D eigenvalue weighted by Crippen LogP contribution is 2.38. The van der Waals surface area contributed by atoms with Gasteiger partial charge >= 0.3 is 23.9 Å². The van der Waals surface area contributed by atoms with Gasteiger partial charge in [0.15, 0.2) is 0 Å². The molecular formula is C24H22F7N3O2. The smallest absolute Gasteiger partial charge is 0.302 e. The van der Waals surface area contributed by atoms with Crippen molar-refractivity contribution >= 4 is 22.6 Å². The van der Waals surface area contributed by atoms with Crippen LogP contribution in [0.3, 0.4) is 0 Å². The lowest BCUT2D eigenvalue weighted by molar-refractivity contribution is -0.171. The van der Waals surface area contributed by atoms with Gasteiger partial charge in [-0.3, -0.25) is 13.9 Å². The molecule has 1 saturated carbocycles. The Hall–Kier alpha value is -3.31. The van der Waals surface area contributed by atoms with Crippen LogP contribution in [0.1, 0.15) is 31.2 Å². The molecule has 0 saturated heterocycles. The van der Waals surface area contributed by atoms with E-state index in [1.165, 1.54) is 4.57 Å². The van der Waals surface area contributed by atoms with E-state index in [-0.39, 0.29) is 30.5 Å². The molecule has 1 aliphatic rings. The van der Waals surface area contributed by atoms with Crippen molar-refractivity contribution in [3.05, 3.63) is 64.3 Å². The molecule has 5 nitrogen and oxygen atoms in total. The number of fused-ring (bicyclic) bond motifs is 1. The number of hydrogen-bond donors (Lipinski definition) is 0. The molecule has 1 aliphatic carbocycles. The average molecular weight is 517 g/mol. The molecule has 1 aromatic heterocycles. The molecule has 12 heteroatoms. The molecule has 0 atom stereocenters. The maximum Gasteiger partial charge on any atom is 0.471 e. The fourth-order valence-corrected chi connectivity index (χ4v) is 4.89. The normalized spacial score (nSPS) is 19.0. The van der Waals surface area contributed by atoms with Crippen LogP contribution in [0, 0.1) is 11.7 Å². The van der Waals surface area contributed by atoms with E-state index in [9.17, 15) is 40.3 Å². The average Bonchev–Trinajstić information content (AvgIpc) is 3.05. The Morgan fingerprint density at radius 2 is 1.58 bits per heavy atom. The van der Waals surface area contributed by atoms with Crippen molar-refractivity contribution in [1.29, 1.82) is 0 Å². The minimum Gasteiger partial charge on any atom is -0.302 e. The van der Waals surface area contributed by atoms with E-state index in [1.54, 1.807) is 35.9 Å². The van der Waals surface area contributed by atoms with Gasteiger partial charge in [0.25, 0.3) is 0 Å². The van der Waals surface area contributed by atoms with E-state index >= 15 is 0 Å². The van der Waals surface area contributed by atoms with Crippen LogP contribution in [0.4, 0.5) is 36.4 Å². The Bertz CT molecular complexity index is 1330. The van der Waals surface area contributed by atoms with Gasteiger partial charge in [-0.2, -0.15) is 26.3 Å². The number of anilines is 1. The van der Waals surface area contributed by atoms with Crippen molar-refractivity contribution in [2.75, 3.05) is 4.90 Å². The second kappa shape index (κ2) is 9.29. The summed E-state index contributed by atoms with van der Waals surface area (Å²) in [6, 6.07) is 7.52. The summed E-state index contributed by atoms with van der Waals surface area (Å²) in [5.74, 6) is -4.04. The van der Waals surface area contributed by atoms with E-state index in [1.807, 2.05) is 0 Å². The van der Waals surface area contributed by atoms with Crippen LogP contribution in [0.2, 0.25) is 0 Å². The number of carbonyl (C=O) groups is 1. The second-order valence-electron chi connectivity index (χ2n) is 8.95. The number of aryl methyl sites for hydroxylation is 1. The van der Waals surface area contributed by atoms with E-state index in [0.717, 1.165) is 11.6 Å². The number of carbonyl (C=O) groups excluding carboxylic acids is 1. The number of aromatic nitrogens is 2. The van der Waals surface area contributed by atoms with Crippen molar-refractivity contribution in [3.63, 3.8) is 0 Å². The first-order valence-electron chi connectivity index (χ1n) is 11.2. The van der Waals surface area contributed by atoms with Crippen LogP contribution in [-0.4, -0.2) is 27.3 Å². The van der Waals surface area contributed by atoms with Crippen LogP contribution in [0.25, 0.3) is 11.0 Å². The summed E-state index contributed by atoms with van der Waals surface area (Å²) in [7, 11) is 1.64. The third kappa shape index (κ3) is 4.85. The lowest BCUT2D eigenvalue weighted by Crippen LogP contribution is -2.49. The second-order valence-corrected chi connectivity index (χ2v) is 8.95. The number of hydrogen-bond acceptors (Lipinski definition) is 2. The monoisotopic (exact) mass is 517 g/mol. The van der Waals surface area contributed by atoms with Gasteiger partial charge in [-0.15, -0.1) is 0 Å². The molecule has 194 valence electrons. The highest BCUT2D eigenvalue weighted by molar-refractivity contribution is 5.98. The minimum absolute atomic E-state index is 0.0741. The van der Waals surface area contributed by atoms with Crippen LogP contribution in [0.5, 0.6) is 0 Å². The van der Waals surface area contributed by atoms with Crippen LogP contribution in [0.15, 0.2) is 47.3 Å². The van der Waals surface area contributed by atoms with Crippen molar-refractivity contribution in [1.82, 2.24) is 9.13 Å². The lowest BCUT2D eigenvalue weighted by atomic mass is 9.84. The summed E-state index contributed by atoms with van der Waals surface area (Å²) in [5.41, 5.74) is -1.20. The number of amides is 1. The molecule has 0 aliphatic heterocycles. The predicted molar refractivity (Wildman–Crippen MR) is 118 cm³/mol. The van der Waals surface area contributed by atoms with E-state index in [0.29, 0.717) is 35.9 Å². The molecule has 0 unspecified atom stereocenters. The first kappa shape index (κ1) is 25.8. The number of halogens is 7. The zero-order valence-corrected chi connectivity index (χ0v) is 19.0. The Morgan fingerprint density at radius 1 is 0.972 bits per heavy atom. The topological polar surface area (TPSA) is 47.2 Å². The molecule has 3 aromatic rings. The fourth-order valence-electron chi connectivity index (χ4n) is 4.89. The third-order valence-corrected chi connectivity index (χ3v) is 6.67. The largest absolute Gasteiger partial charge is 0.471 e. The van der Waals surface area contributed by atoms with Crippen molar-refractivity contribution < 1.29 is 35.5 Å². The standard InChI is InChI=1S/C24H22F7N3O2/c1-32-19-4-2-3-5-20(19)33(22(32)36)13-14-6-8-15(9-7-14)34(21(35)24(29,30)31)16-10-11-18(25)17(12-16)23(26,27)28/h2-5,10-12,14-15H,6-9,13H2,1H3. The molecule has 0 spiro atoms. The van der Waals surface area contributed by atoms with Gasteiger partial charge in [-0.25, -0.2) is 9.18 Å². The summed E-state index contributed by atoms with van der Waals surface area (Å²) < 4.78 is 96.5. The highest BCUT2D eigenvalue weighted by atomic mass is 19.4. The summed E-state index contributed by atoms with van der Waals surface area (Å²) in [5, 5.41) is 0.